The molecule has 2 aromatic heterocycles. The molecular weight excluding hydrogens is 404 g/mol. The minimum Gasteiger partial charge on any atom is -0.396 e. The maximum absolute atomic E-state index is 13.5. The molecule has 1 saturated carbocycles. The molecule has 7 nitrogen and oxygen atoms in total. The minimum absolute atomic E-state index is 0.0205. The van der Waals surface area contributed by atoms with E-state index < -0.39 is 5.92 Å². The summed E-state index contributed by atoms with van der Waals surface area (Å²) >= 11 is 0. The summed E-state index contributed by atoms with van der Waals surface area (Å²) in [5, 5.41) is 13.4. The Morgan fingerprint density at radius 3 is 2.81 bits per heavy atom. The molecule has 2 fully saturated rings. The van der Waals surface area contributed by atoms with Gasteiger partial charge >= 0.3 is 0 Å². The number of aliphatic hydroxyl groups is 1. The van der Waals surface area contributed by atoms with Crippen LogP contribution in [-0.4, -0.2) is 44.7 Å². The highest BCUT2D eigenvalue weighted by atomic mass is 16.3. The lowest BCUT2D eigenvalue weighted by molar-refractivity contribution is -0.127. The minimum atomic E-state index is -0.409. The average molecular weight is 435 g/mol. The molecule has 1 aliphatic carbocycles. The van der Waals surface area contributed by atoms with Gasteiger partial charge in [-0.05, 0) is 49.9 Å². The predicted octanol–water partition coefficient (Wildman–Crippen LogP) is 1.97. The van der Waals surface area contributed by atoms with E-state index in [0.29, 0.717) is 24.6 Å². The molecule has 1 amide bonds. The second-order valence-electron chi connectivity index (χ2n) is 9.19. The summed E-state index contributed by atoms with van der Waals surface area (Å²) in [6, 6.07) is 9.25. The third kappa shape index (κ3) is 3.69. The highest BCUT2D eigenvalue weighted by Crippen LogP contribution is 2.50. The fourth-order valence-electron chi connectivity index (χ4n) is 5.49. The van der Waals surface area contributed by atoms with Gasteiger partial charge in [0.1, 0.15) is 0 Å². The Bertz CT molecular complexity index is 1080. The van der Waals surface area contributed by atoms with Crippen molar-refractivity contribution in [2.45, 2.75) is 44.9 Å². The van der Waals surface area contributed by atoms with Crippen LogP contribution in [0.3, 0.4) is 0 Å². The predicted molar refractivity (Wildman–Crippen MR) is 122 cm³/mol. The Labute approximate surface area is 187 Å². The molecule has 168 valence electrons. The van der Waals surface area contributed by atoms with Gasteiger partial charge in [0.05, 0.1) is 24.2 Å². The highest BCUT2D eigenvalue weighted by molar-refractivity contribution is 5.80. The third-order valence-electron chi connectivity index (χ3n) is 7.18. The zero-order chi connectivity index (χ0) is 22.2. The zero-order valence-electron chi connectivity index (χ0n) is 18.4. The van der Waals surface area contributed by atoms with E-state index in [1.807, 2.05) is 54.0 Å². The maximum atomic E-state index is 13.5. The van der Waals surface area contributed by atoms with Crippen LogP contribution >= 0.6 is 0 Å². The van der Waals surface area contributed by atoms with Crippen LogP contribution in [0.2, 0.25) is 0 Å². The summed E-state index contributed by atoms with van der Waals surface area (Å²) in [6.07, 6.45) is 7.83. The van der Waals surface area contributed by atoms with Crippen LogP contribution in [0.15, 0.2) is 47.4 Å². The first-order valence-corrected chi connectivity index (χ1v) is 11.5. The third-order valence-corrected chi connectivity index (χ3v) is 7.18. The molecule has 5 rings (SSSR count). The van der Waals surface area contributed by atoms with E-state index in [1.54, 1.807) is 6.20 Å². The number of hydrogen-bond acceptors (Lipinski definition) is 5. The molecule has 2 aliphatic heterocycles. The van der Waals surface area contributed by atoms with Crippen molar-refractivity contribution in [3.8, 4) is 0 Å². The number of hydrogen-bond donors (Lipinski definition) is 2. The van der Waals surface area contributed by atoms with Gasteiger partial charge in [0.15, 0.2) is 0 Å². The molecule has 4 heterocycles. The van der Waals surface area contributed by atoms with Crippen LogP contribution in [-0.2, 0) is 17.9 Å². The van der Waals surface area contributed by atoms with Gasteiger partial charge in [0.2, 0.25) is 5.91 Å². The van der Waals surface area contributed by atoms with Crippen molar-refractivity contribution in [1.29, 1.82) is 0 Å². The first-order valence-electron chi connectivity index (χ1n) is 11.5. The summed E-state index contributed by atoms with van der Waals surface area (Å²) < 4.78 is 1.84. The molecule has 0 unspecified atom stereocenters. The van der Waals surface area contributed by atoms with Gasteiger partial charge < -0.3 is 15.0 Å². The Hall–Kier alpha value is -2.77. The number of nitrogens with zero attached hydrogens (tertiary/aromatic N) is 3. The quantitative estimate of drug-likeness (QED) is 0.696. The lowest BCUT2D eigenvalue weighted by Gasteiger charge is -2.38. The van der Waals surface area contributed by atoms with E-state index in [4.69, 9.17) is 0 Å². The standard InChI is InChI=1S/C25H30N4O3/c1-2-5-17-9-10-20-23-22(24(31)27-12-18-6-3-4-11-26-18)19(15-30)21(14-29(20)25(17)32)28(23)13-16-7-8-16/h2-6,9-11,16,19,21-23,30H,7-8,12-15H2,1H3,(H,27,31)/b5-2+/t19-,21-,22+,23+/m1/s1. The smallest absolute Gasteiger partial charge is 0.258 e. The number of pyridine rings is 2. The van der Waals surface area contributed by atoms with E-state index in [0.717, 1.165) is 17.9 Å². The number of aromatic nitrogens is 2. The van der Waals surface area contributed by atoms with Crippen molar-refractivity contribution in [2.75, 3.05) is 13.2 Å². The molecule has 3 aliphatic rings. The topological polar surface area (TPSA) is 87.5 Å². The van der Waals surface area contributed by atoms with Crippen molar-refractivity contribution >= 4 is 12.0 Å². The molecule has 32 heavy (non-hydrogen) atoms. The van der Waals surface area contributed by atoms with Crippen molar-refractivity contribution in [3.63, 3.8) is 0 Å². The Kier molecular flexibility index (Phi) is 5.69. The fourth-order valence-corrected chi connectivity index (χ4v) is 5.49. The summed E-state index contributed by atoms with van der Waals surface area (Å²) in [7, 11) is 0. The molecule has 2 N–H and O–H groups in total. The van der Waals surface area contributed by atoms with Gasteiger partial charge in [-0.25, -0.2) is 0 Å². The van der Waals surface area contributed by atoms with Crippen molar-refractivity contribution in [1.82, 2.24) is 19.8 Å². The van der Waals surface area contributed by atoms with Crippen LogP contribution in [0.4, 0.5) is 0 Å². The maximum Gasteiger partial charge on any atom is 0.258 e. The highest BCUT2D eigenvalue weighted by Gasteiger charge is 2.56. The number of allylic oxidation sites excluding steroid dienone is 1. The largest absolute Gasteiger partial charge is 0.396 e. The van der Waals surface area contributed by atoms with Crippen LogP contribution in [0.25, 0.3) is 6.08 Å². The molecular formula is C25H30N4O3. The number of rotatable bonds is 7. The fraction of sp³-hybridized carbons (Fsp3) is 0.480. The summed E-state index contributed by atoms with van der Waals surface area (Å²) in [4.78, 5) is 33.3. The lowest BCUT2D eigenvalue weighted by Crippen LogP contribution is -2.47. The Balaban J connectivity index is 1.50. The molecule has 0 radical (unpaired) electrons. The number of carbonyl (C=O) groups is 1. The van der Waals surface area contributed by atoms with Gasteiger partial charge in [0, 0.05) is 49.1 Å². The van der Waals surface area contributed by atoms with Crippen LogP contribution in [0.5, 0.6) is 0 Å². The van der Waals surface area contributed by atoms with E-state index in [1.165, 1.54) is 12.8 Å². The second-order valence-corrected chi connectivity index (χ2v) is 9.19. The van der Waals surface area contributed by atoms with E-state index >= 15 is 0 Å². The number of aliphatic hydroxyl groups excluding tert-OH is 1. The number of fused-ring (bicyclic) bond motifs is 4. The second kappa shape index (κ2) is 8.64. The molecule has 2 aromatic rings. The molecule has 0 aromatic carbocycles. The zero-order valence-corrected chi connectivity index (χ0v) is 18.4. The van der Waals surface area contributed by atoms with Gasteiger partial charge in [-0.1, -0.05) is 18.2 Å². The Morgan fingerprint density at radius 1 is 1.28 bits per heavy atom. The van der Waals surface area contributed by atoms with Crippen molar-refractivity contribution in [3.05, 3.63) is 69.9 Å². The normalized spacial score (nSPS) is 26.9. The lowest BCUT2D eigenvalue weighted by atomic mass is 9.86. The first kappa shape index (κ1) is 21.1. The van der Waals surface area contributed by atoms with E-state index in [-0.39, 0.29) is 36.1 Å². The summed E-state index contributed by atoms with van der Waals surface area (Å²) in [6.45, 7) is 3.60. The van der Waals surface area contributed by atoms with Gasteiger partial charge in [-0.15, -0.1) is 0 Å². The van der Waals surface area contributed by atoms with E-state index in [9.17, 15) is 14.7 Å². The average Bonchev–Trinajstić information content (AvgIpc) is 3.59. The molecule has 1 saturated heterocycles. The van der Waals surface area contributed by atoms with E-state index in [2.05, 4.69) is 15.2 Å². The molecule has 7 heteroatoms. The Morgan fingerprint density at radius 2 is 2.12 bits per heavy atom. The number of nitrogens with one attached hydrogen (secondary N) is 1. The van der Waals surface area contributed by atoms with Gasteiger partial charge in [-0.3, -0.25) is 19.5 Å². The first-order chi connectivity index (χ1) is 15.6. The molecule has 2 bridgehead atoms. The number of amides is 1. The van der Waals surface area contributed by atoms with Gasteiger partial charge in [-0.2, -0.15) is 0 Å². The van der Waals surface area contributed by atoms with Crippen molar-refractivity contribution in [2.24, 2.45) is 17.8 Å². The monoisotopic (exact) mass is 434 g/mol. The van der Waals surface area contributed by atoms with Gasteiger partial charge in [0.25, 0.3) is 5.56 Å². The molecule has 0 spiro atoms. The van der Waals surface area contributed by atoms with Crippen LogP contribution in [0.1, 0.15) is 42.8 Å². The van der Waals surface area contributed by atoms with Crippen LogP contribution < -0.4 is 10.9 Å². The summed E-state index contributed by atoms with van der Waals surface area (Å²) in [5.41, 5.74) is 2.31. The van der Waals surface area contributed by atoms with Crippen LogP contribution in [0, 0.1) is 17.8 Å². The number of carbonyl (C=O) groups excluding carboxylic acids is 1. The van der Waals surface area contributed by atoms with Crippen molar-refractivity contribution < 1.29 is 9.90 Å². The SMILES string of the molecule is C/C=C/c1ccc2n(c1=O)C[C@@H]1[C@@H](CO)[C@H](C(=O)NCc3ccccn3)[C@H]2N1CC1CC1. The molecule has 4 atom stereocenters. The summed E-state index contributed by atoms with van der Waals surface area (Å²) in [5.74, 6) is -0.0585.